The van der Waals surface area contributed by atoms with Gasteiger partial charge in [0.15, 0.2) is 0 Å². The minimum atomic E-state index is -0.759. The fourth-order valence-electron chi connectivity index (χ4n) is 2.99. The first kappa shape index (κ1) is 32.0. The molecule has 0 radical (unpaired) electrons. The summed E-state index contributed by atoms with van der Waals surface area (Å²) in [7, 11) is 0. The lowest BCUT2D eigenvalue weighted by Gasteiger charge is -2.02. The topological polar surface area (TPSA) is 106 Å². The molecule has 0 unspecified atom stereocenters. The normalized spacial score (nSPS) is 10.1. The number of carbonyl (C=O) groups excluding carboxylic acids is 4. The van der Waals surface area contributed by atoms with Gasteiger partial charge in [-0.2, -0.15) is 0 Å². The van der Waals surface area contributed by atoms with Crippen molar-refractivity contribution < 1.29 is 28.0 Å². The van der Waals surface area contributed by atoms with Gasteiger partial charge < -0.3 is 5.73 Å². The molecule has 0 heterocycles. The van der Waals surface area contributed by atoms with E-state index in [4.69, 9.17) is 17.3 Å². The van der Waals surface area contributed by atoms with Crippen molar-refractivity contribution in [1.29, 1.82) is 0 Å². The smallest absolute Gasteiger partial charge is 0.261 e. The van der Waals surface area contributed by atoms with E-state index in [-0.39, 0.29) is 11.1 Å². The van der Waals surface area contributed by atoms with Crippen LogP contribution >= 0.6 is 11.6 Å². The Labute approximate surface area is 240 Å². The van der Waals surface area contributed by atoms with E-state index >= 15 is 0 Å². The number of carbonyl (C=O) groups is 4. The minimum Gasteiger partial charge on any atom is -0.366 e. The summed E-state index contributed by atoms with van der Waals surface area (Å²) in [5.74, 6) is -3.33. The van der Waals surface area contributed by atoms with Gasteiger partial charge in [0, 0.05) is 6.08 Å². The van der Waals surface area contributed by atoms with Crippen LogP contribution < -0.4 is 11.1 Å². The molecule has 0 aromatic heterocycles. The summed E-state index contributed by atoms with van der Waals surface area (Å²) in [4.78, 5) is 44.0. The van der Waals surface area contributed by atoms with E-state index in [1.807, 2.05) is 60.7 Å². The van der Waals surface area contributed by atoms with Crippen LogP contribution in [0.3, 0.4) is 0 Å². The van der Waals surface area contributed by atoms with Gasteiger partial charge in [0.25, 0.3) is 17.7 Å². The van der Waals surface area contributed by atoms with Crippen LogP contribution in [0.25, 0.3) is 12.2 Å². The Morgan fingerprint density at radius 1 is 0.610 bits per heavy atom. The second-order valence-electron chi connectivity index (χ2n) is 7.93. The standard InChI is InChI=1S/C16H12FNO2.C9H7ClO.C7H6FNO/c17-14-9-5-4-8-13(14)16(20)18-15(19)11-10-12-6-2-1-3-7-12;10-9(11)7-6-8-4-2-1-3-5-8;8-6-4-2-1-3-5(6)7(9)10/h1-11H,(H,18,19,20);1-7H;1-4H,(H2,9,10)/b11-10+;7-6+;. The van der Waals surface area contributed by atoms with E-state index < -0.39 is 34.6 Å². The number of nitrogens with two attached hydrogens (primary N) is 1. The second kappa shape index (κ2) is 17.4. The van der Waals surface area contributed by atoms with Crippen molar-refractivity contribution in [1.82, 2.24) is 5.32 Å². The first-order chi connectivity index (χ1) is 19.7. The molecule has 0 aliphatic heterocycles. The van der Waals surface area contributed by atoms with Crippen molar-refractivity contribution in [3.05, 3.63) is 155 Å². The molecule has 4 aromatic rings. The Morgan fingerprint density at radius 3 is 1.44 bits per heavy atom. The SMILES string of the molecule is NC(=O)c1ccccc1F.O=C(/C=C/c1ccccc1)NC(=O)c1ccccc1F.O=C(Cl)/C=C/c1ccccc1. The molecule has 41 heavy (non-hydrogen) atoms. The molecule has 4 aromatic carbocycles. The lowest BCUT2D eigenvalue weighted by atomic mass is 10.2. The number of imide groups is 1. The molecule has 0 aliphatic rings. The molecule has 208 valence electrons. The number of amides is 3. The Bertz CT molecular complexity index is 1530. The molecule has 6 nitrogen and oxygen atoms in total. The molecular weight excluding hydrogens is 550 g/mol. The number of primary amides is 1. The third kappa shape index (κ3) is 12.5. The van der Waals surface area contributed by atoms with Crippen LogP contribution in [0.5, 0.6) is 0 Å². The summed E-state index contributed by atoms with van der Waals surface area (Å²) in [6.45, 7) is 0. The zero-order valence-corrected chi connectivity index (χ0v) is 22.3. The Hall–Kier alpha value is -5.21. The number of benzene rings is 4. The summed E-state index contributed by atoms with van der Waals surface area (Å²) < 4.78 is 25.9. The van der Waals surface area contributed by atoms with Crippen molar-refractivity contribution in [2.24, 2.45) is 5.73 Å². The number of allylic oxidation sites excluding steroid dienone is 1. The van der Waals surface area contributed by atoms with Crippen LogP contribution in [-0.2, 0) is 9.59 Å². The third-order valence-corrected chi connectivity index (χ3v) is 5.05. The van der Waals surface area contributed by atoms with Gasteiger partial charge in [0.05, 0.1) is 11.1 Å². The average Bonchev–Trinajstić information content (AvgIpc) is 2.97. The van der Waals surface area contributed by atoms with Crippen LogP contribution in [0.2, 0.25) is 0 Å². The van der Waals surface area contributed by atoms with Gasteiger partial charge in [-0.3, -0.25) is 24.5 Å². The highest BCUT2D eigenvalue weighted by atomic mass is 35.5. The van der Waals surface area contributed by atoms with Gasteiger partial charge in [-0.15, -0.1) is 0 Å². The van der Waals surface area contributed by atoms with Crippen LogP contribution in [-0.4, -0.2) is 23.0 Å². The van der Waals surface area contributed by atoms with Crippen LogP contribution in [0.1, 0.15) is 31.8 Å². The molecular formula is C32H25ClF2N2O4. The zero-order valence-electron chi connectivity index (χ0n) is 21.5. The monoisotopic (exact) mass is 574 g/mol. The largest absolute Gasteiger partial charge is 0.366 e. The molecule has 3 amide bonds. The Kier molecular flexibility index (Phi) is 13.6. The van der Waals surface area contributed by atoms with Gasteiger partial charge in [-0.1, -0.05) is 91.0 Å². The predicted octanol–water partition coefficient (Wildman–Crippen LogP) is 6.19. The maximum atomic E-state index is 13.4. The Morgan fingerprint density at radius 2 is 1.02 bits per heavy atom. The maximum absolute atomic E-state index is 13.4. The summed E-state index contributed by atoms with van der Waals surface area (Å²) in [6.07, 6.45) is 5.81. The van der Waals surface area contributed by atoms with Crippen molar-refractivity contribution in [2.75, 3.05) is 0 Å². The number of nitrogens with one attached hydrogen (secondary N) is 1. The van der Waals surface area contributed by atoms with Crippen molar-refractivity contribution >= 4 is 46.7 Å². The van der Waals surface area contributed by atoms with Crippen molar-refractivity contribution in [3.63, 3.8) is 0 Å². The van der Waals surface area contributed by atoms with E-state index in [0.717, 1.165) is 11.1 Å². The maximum Gasteiger partial charge on any atom is 0.261 e. The third-order valence-electron chi connectivity index (χ3n) is 4.93. The quantitative estimate of drug-likeness (QED) is 0.212. The van der Waals surface area contributed by atoms with Crippen LogP contribution in [0.4, 0.5) is 8.78 Å². The number of hydrogen-bond donors (Lipinski definition) is 2. The zero-order chi connectivity index (χ0) is 30.0. The lowest BCUT2D eigenvalue weighted by molar-refractivity contribution is -0.115. The van der Waals surface area contributed by atoms with E-state index in [2.05, 4.69) is 5.32 Å². The second-order valence-corrected chi connectivity index (χ2v) is 8.31. The first-order valence-electron chi connectivity index (χ1n) is 12.0. The van der Waals surface area contributed by atoms with Gasteiger partial charge in [-0.25, -0.2) is 8.78 Å². The minimum absolute atomic E-state index is 0.0671. The van der Waals surface area contributed by atoms with Crippen LogP contribution in [0, 0.1) is 11.6 Å². The van der Waals surface area contributed by atoms with Gasteiger partial charge >= 0.3 is 0 Å². The first-order valence-corrected chi connectivity index (χ1v) is 12.3. The molecule has 0 atom stereocenters. The summed E-state index contributed by atoms with van der Waals surface area (Å²) in [5.41, 5.74) is 6.42. The highest BCUT2D eigenvalue weighted by molar-refractivity contribution is 6.66. The van der Waals surface area contributed by atoms with Gasteiger partial charge in [0.2, 0.25) is 5.24 Å². The number of hydrogen-bond acceptors (Lipinski definition) is 4. The van der Waals surface area contributed by atoms with Gasteiger partial charge in [-0.05, 0) is 59.1 Å². The molecule has 0 saturated carbocycles. The molecule has 0 fully saturated rings. The van der Waals surface area contributed by atoms with Crippen molar-refractivity contribution in [3.8, 4) is 0 Å². The number of rotatable bonds is 6. The highest BCUT2D eigenvalue weighted by Crippen LogP contribution is 2.06. The fourth-order valence-corrected chi connectivity index (χ4v) is 3.05. The molecule has 0 aliphatic carbocycles. The predicted molar refractivity (Wildman–Crippen MR) is 156 cm³/mol. The van der Waals surface area contributed by atoms with Crippen LogP contribution in [0.15, 0.2) is 121 Å². The summed E-state index contributed by atoms with van der Waals surface area (Å²) in [5, 5.41) is 1.65. The molecule has 9 heteroatoms. The molecule has 3 N–H and O–H groups in total. The van der Waals surface area contributed by atoms with Crippen molar-refractivity contribution in [2.45, 2.75) is 0 Å². The fraction of sp³-hybridized carbons (Fsp3) is 0. The molecule has 0 spiro atoms. The highest BCUT2D eigenvalue weighted by Gasteiger charge is 2.12. The Balaban J connectivity index is 0.000000236. The van der Waals surface area contributed by atoms with E-state index in [1.54, 1.807) is 18.2 Å². The van der Waals surface area contributed by atoms with Gasteiger partial charge in [0.1, 0.15) is 11.6 Å². The average molecular weight is 575 g/mol. The lowest BCUT2D eigenvalue weighted by Crippen LogP contribution is -2.29. The molecule has 0 saturated heterocycles. The van der Waals surface area contributed by atoms with E-state index in [0.29, 0.717) is 0 Å². The molecule has 4 rings (SSSR count). The van der Waals surface area contributed by atoms with E-state index in [1.165, 1.54) is 54.6 Å². The number of halogens is 3. The van der Waals surface area contributed by atoms with E-state index in [9.17, 15) is 28.0 Å². The summed E-state index contributed by atoms with van der Waals surface area (Å²) in [6, 6.07) is 29.8. The molecule has 0 bridgehead atoms. The summed E-state index contributed by atoms with van der Waals surface area (Å²) >= 11 is 5.10.